The molecule has 5 aliphatic rings. The van der Waals surface area contributed by atoms with E-state index < -0.39 is 16.8 Å². The minimum Gasteiger partial charge on any atom is -0.484 e. The summed E-state index contributed by atoms with van der Waals surface area (Å²) in [6.07, 6.45) is 3.96. The quantitative estimate of drug-likeness (QED) is 0.236. The molecule has 0 radical (unpaired) electrons. The number of piperidine rings is 1. The predicted molar refractivity (Wildman–Crippen MR) is 166 cm³/mol. The van der Waals surface area contributed by atoms with Crippen LogP contribution in [-0.4, -0.2) is 57.5 Å². The smallest absolute Gasteiger partial charge is 0.305 e. The maximum atomic E-state index is 13.9. The average molecular weight is 647 g/mol. The van der Waals surface area contributed by atoms with Gasteiger partial charge in [0.2, 0.25) is 11.8 Å². The Bertz CT molecular complexity index is 1760. The second kappa shape index (κ2) is 10.8. The molecule has 2 aromatic carbocycles. The van der Waals surface area contributed by atoms with Gasteiger partial charge in [0.15, 0.2) is 6.61 Å². The van der Waals surface area contributed by atoms with E-state index in [4.69, 9.17) is 4.74 Å². The van der Waals surface area contributed by atoms with Crippen molar-refractivity contribution in [2.24, 2.45) is 29.6 Å². The number of likely N-dealkylation sites (tertiary alicyclic amines) is 1. The van der Waals surface area contributed by atoms with Crippen molar-refractivity contribution in [3.8, 4) is 5.75 Å². The SMILES string of the molecule is O=C(COc1ccc([C@H]2c3sc(=O)[nH]c3SC3C4CC(C5C(=O)N(c6ccc([N+](=O)[O-])cc6)C(=O)C45)C32)cc1)N1CCCCC1. The molecule has 2 saturated carbocycles. The Hall–Kier alpha value is -3.97. The molecule has 232 valence electrons. The van der Waals surface area contributed by atoms with Crippen LogP contribution in [0.25, 0.3) is 0 Å². The molecule has 3 aliphatic heterocycles. The average Bonchev–Trinajstić information content (AvgIpc) is 3.79. The molecule has 4 fully saturated rings. The van der Waals surface area contributed by atoms with E-state index in [1.807, 2.05) is 29.2 Å². The number of imide groups is 1. The molecule has 1 aromatic heterocycles. The van der Waals surface area contributed by atoms with Gasteiger partial charge in [-0.1, -0.05) is 23.5 Å². The summed E-state index contributed by atoms with van der Waals surface area (Å²) in [6.45, 7) is 1.53. The third kappa shape index (κ3) is 4.53. The molecule has 45 heavy (non-hydrogen) atoms. The minimum absolute atomic E-state index is 0.0113. The number of ether oxygens (including phenoxy) is 1. The number of amides is 3. The lowest BCUT2D eigenvalue weighted by Gasteiger charge is -2.43. The number of hydrogen-bond donors (Lipinski definition) is 1. The Morgan fingerprint density at radius 2 is 1.64 bits per heavy atom. The fourth-order valence-electron chi connectivity index (χ4n) is 8.52. The van der Waals surface area contributed by atoms with Gasteiger partial charge in [-0.05, 0) is 73.3 Å². The fourth-order valence-corrected chi connectivity index (χ4v) is 11.4. The first-order chi connectivity index (χ1) is 21.8. The number of carbonyl (C=O) groups excluding carboxylic acids is 3. The third-order valence-corrected chi connectivity index (χ3v) is 12.9. The Kier molecular flexibility index (Phi) is 6.86. The third-order valence-electron chi connectivity index (χ3n) is 10.4. The van der Waals surface area contributed by atoms with Gasteiger partial charge in [-0.25, -0.2) is 0 Å². The van der Waals surface area contributed by atoms with Gasteiger partial charge in [-0.15, -0.1) is 11.8 Å². The van der Waals surface area contributed by atoms with E-state index in [-0.39, 0.29) is 63.8 Å². The number of nitro groups is 1. The molecular formula is C32H30N4O7S2. The highest BCUT2D eigenvalue weighted by Gasteiger charge is 2.69. The van der Waals surface area contributed by atoms with E-state index in [1.165, 1.54) is 40.5 Å². The van der Waals surface area contributed by atoms with Crippen LogP contribution in [0, 0.1) is 39.7 Å². The zero-order chi connectivity index (χ0) is 31.0. The highest BCUT2D eigenvalue weighted by atomic mass is 32.2. The number of anilines is 1. The Morgan fingerprint density at radius 3 is 2.33 bits per heavy atom. The molecule has 11 nitrogen and oxygen atoms in total. The van der Waals surface area contributed by atoms with Crippen molar-refractivity contribution in [2.75, 3.05) is 24.6 Å². The lowest BCUT2D eigenvalue weighted by Crippen LogP contribution is -2.42. The van der Waals surface area contributed by atoms with Crippen LogP contribution in [0.1, 0.15) is 42.0 Å². The number of rotatable bonds is 6. The van der Waals surface area contributed by atoms with Gasteiger partial charge in [0.1, 0.15) is 5.75 Å². The molecule has 2 bridgehead atoms. The number of thiazole rings is 1. The maximum absolute atomic E-state index is 13.9. The van der Waals surface area contributed by atoms with Gasteiger partial charge in [0, 0.05) is 41.3 Å². The molecule has 2 aliphatic carbocycles. The van der Waals surface area contributed by atoms with E-state index in [0.29, 0.717) is 11.4 Å². The Morgan fingerprint density at radius 1 is 0.956 bits per heavy atom. The van der Waals surface area contributed by atoms with Crippen LogP contribution in [0.5, 0.6) is 5.75 Å². The van der Waals surface area contributed by atoms with Crippen molar-refractivity contribution in [3.63, 3.8) is 0 Å². The summed E-state index contributed by atoms with van der Waals surface area (Å²) in [5, 5.41) is 12.0. The Balaban J connectivity index is 1.07. The highest BCUT2D eigenvalue weighted by Crippen LogP contribution is 2.68. The fraction of sp³-hybridized carbons (Fsp3) is 0.438. The molecule has 13 heteroatoms. The first-order valence-electron chi connectivity index (χ1n) is 15.3. The topological polar surface area (TPSA) is 143 Å². The normalized spacial score (nSPS) is 29.8. The van der Waals surface area contributed by atoms with Crippen LogP contribution in [0.3, 0.4) is 0 Å². The lowest BCUT2D eigenvalue weighted by molar-refractivity contribution is -0.384. The van der Waals surface area contributed by atoms with Crippen molar-refractivity contribution >= 4 is 52.2 Å². The van der Waals surface area contributed by atoms with E-state index in [2.05, 4.69) is 4.98 Å². The monoisotopic (exact) mass is 646 g/mol. The van der Waals surface area contributed by atoms with Crippen LogP contribution in [0.2, 0.25) is 0 Å². The Labute approximate surface area is 266 Å². The van der Waals surface area contributed by atoms with E-state index in [9.17, 15) is 29.3 Å². The molecule has 2 saturated heterocycles. The zero-order valence-electron chi connectivity index (χ0n) is 24.1. The number of nitro benzene ring substituents is 1. The second-order valence-corrected chi connectivity index (χ2v) is 14.7. The molecule has 6 unspecified atom stereocenters. The summed E-state index contributed by atoms with van der Waals surface area (Å²) in [4.78, 5) is 70.5. The predicted octanol–water partition coefficient (Wildman–Crippen LogP) is 4.41. The van der Waals surface area contributed by atoms with Gasteiger partial charge < -0.3 is 14.6 Å². The summed E-state index contributed by atoms with van der Waals surface area (Å²) in [6, 6.07) is 13.3. The minimum atomic E-state index is -0.509. The summed E-state index contributed by atoms with van der Waals surface area (Å²) in [5.41, 5.74) is 1.26. The number of nitrogens with one attached hydrogen (secondary N) is 1. The van der Waals surface area contributed by atoms with Gasteiger partial charge in [0.05, 0.1) is 27.5 Å². The number of aromatic nitrogens is 1. The molecule has 3 aromatic rings. The maximum Gasteiger partial charge on any atom is 0.305 e. The standard InChI is InChI=1S/C32H30N4O7S2/c37-22(34-12-2-1-3-13-34)15-43-19-10-4-16(5-11-19)23-24-20-14-21(27(24)44-29-28(23)45-32(40)33-29)26-25(20)30(38)35(31(26)39)17-6-8-18(9-7-17)36(41)42/h4-11,20-21,23-27H,1-3,12-15H2,(H,33,40)/t20?,21?,23-,24?,25?,26?,27?/m1/s1. The van der Waals surface area contributed by atoms with E-state index >= 15 is 0 Å². The van der Waals surface area contributed by atoms with Gasteiger partial charge >= 0.3 is 4.87 Å². The molecule has 4 heterocycles. The number of hydrogen-bond acceptors (Lipinski definition) is 9. The van der Waals surface area contributed by atoms with Crippen molar-refractivity contribution < 1.29 is 24.0 Å². The first-order valence-corrected chi connectivity index (χ1v) is 17.0. The second-order valence-electron chi connectivity index (χ2n) is 12.5. The van der Waals surface area contributed by atoms with E-state index in [0.717, 1.165) is 54.2 Å². The van der Waals surface area contributed by atoms with Crippen LogP contribution >= 0.6 is 23.1 Å². The largest absolute Gasteiger partial charge is 0.484 e. The van der Waals surface area contributed by atoms with Gasteiger partial charge in [-0.2, -0.15) is 0 Å². The zero-order valence-corrected chi connectivity index (χ0v) is 25.8. The number of fused-ring (bicyclic) bond motifs is 9. The summed E-state index contributed by atoms with van der Waals surface area (Å²) in [7, 11) is 0. The highest BCUT2D eigenvalue weighted by molar-refractivity contribution is 8.00. The van der Waals surface area contributed by atoms with Crippen LogP contribution < -0.4 is 14.5 Å². The van der Waals surface area contributed by atoms with Crippen LogP contribution in [0.15, 0.2) is 58.4 Å². The lowest BCUT2D eigenvalue weighted by atomic mass is 9.68. The summed E-state index contributed by atoms with van der Waals surface area (Å²) in [5.74, 6) is -1.000. The first kappa shape index (κ1) is 28.5. The molecule has 3 amide bonds. The number of nitrogens with zero attached hydrogens (tertiary/aromatic N) is 3. The summed E-state index contributed by atoms with van der Waals surface area (Å²) < 4.78 is 5.86. The van der Waals surface area contributed by atoms with Crippen molar-refractivity contribution in [1.82, 2.24) is 9.88 Å². The van der Waals surface area contributed by atoms with E-state index in [1.54, 1.807) is 11.8 Å². The number of thioether (sulfide) groups is 1. The molecular weight excluding hydrogens is 617 g/mol. The van der Waals surface area contributed by atoms with Gasteiger partial charge in [0.25, 0.3) is 11.6 Å². The number of non-ortho nitro benzene ring substituents is 1. The van der Waals surface area contributed by atoms with Gasteiger partial charge in [-0.3, -0.25) is 34.2 Å². The number of H-pyrrole nitrogens is 1. The number of carbonyl (C=O) groups is 3. The number of aromatic amines is 1. The van der Waals surface area contributed by atoms with Crippen LogP contribution in [-0.2, 0) is 14.4 Å². The molecule has 1 N–H and O–H groups in total. The molecule has 0 spiro atoms. The van der Waals surface area contributed by atoms with Crippen molar-refractivity contribution in [2.45, 2.75) is 41.9 Å². The van der Waals surface area contributed by atoms with Crippen molar-refractivity contribution in [3.05, 3.63) is 78.8 Å². The number of benzene rings is 2. The van der Waals surface area contributed by atoms with Crippen molar-refractivity contribution in [1.29, 1.82) is 0 Å². The van der Waals surface area contributed by atoms with Crippen LogP contribution in [0.4, 0.5) is 11.4 Å². The molecule has 8 rings (SSSR count). The summed E-state index contributed by atoms with van der Waals surface area (Å²) >= 11 is 2.82. The molecule has 7 atom stereocenters.